The molecule has 3 aromatic rings. The van der Waals surface area contributed by atoms with E-state index in [-0.39, 0.29) is 18.2 Å². The van der Waals surface area contributed by atoms with Gasteiger partial charge in [0.15, 0.2) is 0 Å². The number of hydrogen-bond donors (Lipinski definition) is 2. The van der Waals surface area contributed by atoms with Crippen molar-refractivity contribution in [3.8, 4) is 17.2 Å². The zero-order valence-corrected chi connectivity index (χ0v) is 20.1. The quantitative estimate of drug-likeness (QED) is 0.229. The van der Waals surface area contributed by atoms with Crippen molar-refractivity contribution in [3.63, 3.8) is 0 Å². The van der Waals surface area contributed by atoms with Gasteiger partial charge in [-0.15, -0.1) is 0 Å². The molecule has 2 amide bonds. The minimum atomic E-state index is -0.341. The Morgan fingerprint density at radius 2 is 1.36 bits per heavy atom. The molecule has 9 heteroatoms. The van der Waals surface area contributed by atoms with Crippen LogP contribution in [0.2, 0.25) is 0 Å². The highest BCUT2D eigenvalue weighted by Crippen LogP contribution is 2.14. The number of hydrogen-bond acceptors (Lipinski definition) is 7. The van der Waals surface area contributed by atoms with Gasteiger partial charge in [0.1, 0.15) is 17.2 Å². The zero-order valence-electron chi connectivity index (χ0n) is 20.1. The summed E-state index contributed by atoms with van der Waals surface area (Å²) >= 11 is 0. The van der Waals surface area contributed by atoms with Crippen LogP contribution in [0.5, 0.6) is 17.2 Å². The highest BCUT2D eigenvalue weighted by Gasteiger charge is 2.05. The second-order valence-corrected chi connectivity index (χ2v) is 7.52. The number of amides is 2. The maximum absolute atomic E-state index is 12.3. The van der Waals surface area contributed by atoms with Crippen molar-refractivity contribution >= 4 is 24.2 Å². The normalized spacial score (nSPS) is 10.8. The largest absolute Gasteiger partial charge is 0.497 e. The van der Waals surface area contributed by atoms with Gasteiger partial charge in [-0.1, -0.05) is 24.3 Å². The van der Waals surface area contributed by atoms with Crippen molar-refractivity contribution in [2.45, 2.75) is 12.8 Å². The maximum Gasteiger partial charge on any atom is 0.271 e. The highest BCUT2D eigenvalue weighted by molar-refractivity contribution is 5.95. The fourth-order valence-corrected chi connectivity index (χ4v) is 3.03. The molecule has 0 atom stereocenters. The summed E-state index contributed by atoms with van der Waals surface area (Å²) < 4.78 is 16.0. The fourth-order valence-electron chi connectivity index (χ4n) is 3.03. The van der Waals surface area contributed by atoms with Gasteiger partial charge in [-0.25, -0.2) is 10.9 Å². The van der Waals surface area contributed by atoms with Gasteiger partial charge < -0.3 is 14.2 Å². The summed E-state index contributed by atoms with van der Waals surface area (Å²) in [5.74, 6) is 1.47. The third-order valence-electron chi connectivity index (χ3n) is 4.90. The van der Waals surface area contributed by atoms with Crippen molar-refractivity contribution in [1.82, 2.24) is 10.9 Å². The zero-order chi connectivity index (χ0) is 25.6. The van der Waals surface area contributed by atoms with Crippen molar-refractivity contribution < 1.29 is 23.8 Å². The number of carbonyl (C=O) groups excluding carboxylic acids is 2. The van der Waals surface area contributed by atoms with Crippen LogP contribution in [-0.2, 0) is 4.79 Å². The first-order valence-electron chi connectivity index (χ1n) is 11.2. The average molecular weight is 489 g/mol. The lowest BCUT2D eigenvalue weighted by atomic mass is 10.2. The smallest absolute Gasteiger partial charge is 0.271 e. The van der Waals surface area contributed by atoms with Crippen molar-refractivity contribution in [3.05, 3.63) is 89.5 Å². The molecule has 3 rings (SSSR count). The third kappa shape index (κ3) is 8.60. The summed E-state index contributed by atoms with van der Waals surface area (Å²) in [7, 11) is 3.18. The molecule has 186 valence electrons. The predicted molar refractivity (Wildman–Crippen MR) is 138 cm³/mol. The molecule has 0 saturated heterocycles. The first-order valence-corrected chi connectivity index (χ1v) is 11.2. The molecule has 0 bridgehead atoms. The van der Waals surface area contributed by atoms with Gasteiger partial charge in [-0.3, -0.25) is 9.59 Å². The van der Waals surface area contributed by atoms with Gasteiger partial charge in [0.2, 0.25) is 5.91 Å². The number of benzene rings is 3. The summed E-state index contributed by atoms with van der Waals surface area (Å²) in [6, 6.07) is 21.3. The van der Waals surface area contributed by atoms with E-state index >= 15 is 0 Å². The van der Waals surface area contributed by atoms with E-state index in [0.717, 1.165) is 11.1 Å². The Morgan fingerprint density at radius 3 is 1.94 bits per heavy atom. The molecular formula is C27H28N4O5. The molecule has 0 fully saturated rings. The molecule has 0 radical (unpaired) electrons. The third-order valence-corrected chi connectivity index (χ3v) is 4.90. The average Bonchev–Trinajstić information content (AvgIpc) is 2.91. The van der Waals surface area contributed by atoms with Crippen LogP contribution in [0.4, 0.5) is 0 Å². The Hall–Kier alpha value is -4.66. The fraction of sp³-hybridized carbons (Fsp3) is 0.185. The van der Waals surface area contributed by atoms with Crippen LogP contribution in [0.3, 0.4) is 0 Å². The van der Waals surface area contributed by atoms with Crippen LogP contribution in [0, 0.1) is 0 Å². The topological polar surface area (TPSA) is 111 Å². The molecule has 0 aromatic heterocycles. The van der Waals surface area contributed by atoms with Gasteiger partial charge in [0.25, 0.3) is 5.91 Å². The lowest BCUT2D eigenvalue weighted by Crippen LogP contribution is -2.18. The highest BCUT2D eigenvalue weighted by atomic mass is 16.5. The molecule has 0 saturated carbocycles. The van der Waals surface area contributed by atoms with Crippen molar-refractivity contribution in [1.29, 1.82) is 0 Å². The molecule has 0 unspecified atom stereocenters. The number of nitrogens with one attached hydrogen (secondary N) is 2. The van der Waals surface area contributed by atoms with E-state index in [1.165, 1.54) is 6.21 Å². The van der Waals surface area contributed by atoms with Crippen molar-refractivity contribution in [2.24, 2.45) is 10.2 Å². The van der Waals surface area contributed by atoms with E-state index in [4.69, 9.17) is 14.2 Å². The van der Waals surface area contributed by atoms with Gasteiger partial charge in [-0.2, -0.15) is 10.2 Å². The number of nitrogens with zero attached hydrogens (tertiary/aromatic N) is 2. The molecule has 0 heterocycles. The predicted octanol–water partition coefficient (Wildman–Crippen LogP) is 3.78. The number of carbonyl (C=O) groups is 2. The monoisotopic (exact) mass is 488 g/mol. The van der Waals surface area contributed by atoms with Crippen LogP contribution in [0.1, 0.15) is 34.3 Å². The first-order chi connectivity index (χ1) is 17.6. The second-order valence-electron chi connectivity index (χ2n) is 7.52. The number of methoxy groups -OCH3 is 2. The number of hydrazone groups is 2. The first kappa shape index (κ1) is 26.0. The van der Waals surface area contributed by atoms with Gasteiger partial charge in [0, 0.05) is 12.0 Å². The summed E-state index contributed by atoms with van der Waals surface area (Å²) in [5, 5.41) is 7.93. The molecule has 36 heavy (non-hydrogen) atoms. The Labute approximate surface area is 209 Å². The van der Waals surface area contributed by atoms with Gasteiger partial charge >= 0.3 is 0 Å². The van der Waals surface area contributed by atoms with E-state index < -0.39 is 0 Å². The summed E-state index contributed by atoms with van der Waals surface area (Å²) in [5.41, 5.74) is 7.04. The lowest BCUT2D eigenvalue weighted by molar-refractivity contribution is -0.121. The number of ether oxygens (including phenoxy) is 3. The minimum Gasteiger partial charge on any atom is -0.497 e. The number of rotatable bonds is 12. The molecule has 9 nitrogen and oxygen atoms in total. The van der Waals surface area contributed by atoms with E-state index in [9.17, 15) is 9.59 Å². The molecule has 2 N–H and O–H groups in total. The minimum absolute atomic E-state index is 0.209. The van der Waals surface area contributed by atoms with E-state index in [1.807, 2.05) is 42.5 Å². The molecule has 0 aliphatic carbocycles. The SMILES string of the molecule is COc1cccc(C=NNC(=O)CCCOc2ccc(C(=O)NN=Cc3cccc(OC)c3)cc2)c1. The summed E-state index contributed by atoms with van der Waals surface area (Å²) in [6.45, 7) is 0.351. The lowest BCUT2D eigenvalue weighted by Gasteiger charge is -2.07. The van der Waals surface area contributed by atoms with Crippen LogP contribution >= 0.6 is 0 Å². The summed E-state index contributed by atoms with van der Waals surface area (Å²) in [6.07, 6.45) is 3.87. The molecule has 3 aromatic carbocycles. The Kier molecular flexibility index (Phi) is 10.0. The van der Waals surface area contributed by atoms with Crippen molar-refractivity contribution in [2.75, 3.05) is 20.8 Å². The summed E-state index contributed by atoms with van der Waals surface area (Å²) in [4.78, 5) is 24.2. The maximum atomic E-state index is 12.3. The van der Waals surface area contributed by atoms with E-state index in [2.05, 4.69) is 21.1 Å². The standard InChI is InChI=1S/C27H28N4O5/c1-34-24-8-3-6-20(16-24)18-28-30-26(32)10-5-15-36-23-13-11-22(12-14-23)27(33)31-29-19-21-7-4-9-25(17-21)35-2/h3-4,6-9,11-14,16-19H,5,10,15H2,1-2H3,(H,30,32)(H,31,33). The van der Waals surface area contributed by atoms with Crippen LogP contribution in [-0.4, -0.2) is 45.1 Å². The molecular weight excluding hydrogens is 460 g/mol. The molecule has 0 spiro atoms. The van der Waals surface area contributed by atoms with Crippen LogP contribution in [0.15, 0.2) is 83.0 Å². The Balaban J connectivity index is 1.35. The van der Waals surface area contributed by atoms with E-state index in [0.29, 0.717) is 35.8 Å². The molecule has 0 aliphatic heterocycles. The van der Waals surface area contributed by atoms with Crippen LogP contribution < -0.4 is 25.1 Å². The second kappa shape index (κ2) is 13.9. The van der Waals surface area contributed by atoms with E-state index in [1.54, 1.807) is 50.8 Å². The van der Waals surface area contributed by atoms with Crippen LogP contribution in [0.25, 0.3) is 0 Å². The Morgan fingerprint density at radius 1 is 0.778 bits per heavy atom. The Bertz CT molecular complexity index is 1210. The van der Waals surface area contributed by atoms with Gasteiger partial charge in [-0.05, 0) is 66.1 Å². The van der Waals surface area contributed by atoms with Gasteiger partial charge in [0.05, 0.1) is 33.3 Å². The molecule has 0 aliphatic rings.